The van der Waals surface area contributed by atoms with E-state index in [2.05, 4.69) is 39.2 Å². The zero-order valence-electron chi connectivity index (χ0n) is 12.0. The lowest BCUT2D eigenvalue weighted by Crippen LogP contribution is -2.54. The van der Waals surface area contributed by atoms with Crippen LogP contribution in [0.25, 0.3) is 0 Å². The molecule has 3 rings (SSSR count). The minimum Gasteiger partial charge on any atom is -0.373 e. The molecule has 104 valence electrons. The lowest BCUT2D eigenvalue weighted by molar-refractivity contribution is 0.0532. The van der Waals surface area contributed by atoms with E-state index < -0.39 is 0 Å². The van der Waals surface area contributed by atoms with Gasteiger partial charge >= 0.3 is 0 Å². The van der Waals surface area contributed by atoms with Crippen LogP contribution < -0.4 is 5.32 Å². The summed E-state index contributed by atoms with van der Waals surface area (Å²) in [5.41, 5.74) is 1.17. The Labute approximate surface area is 115 Å². The smallest absolute Gasteiger partial charge is 0.126 e. The Hall–Kier alpha value is -1.13. The number of hydrogen-bond acceptors (Lipinski definition) is 4. The van der Waals surface area contributed by atoms with Gasteiger partial charge in [-0.25, -0.2) is 4.98 Å². The summed E-state index contributed by atoms with van der Waals surface area (Å²) in [4.78, 5) is 9.90. The molecule has 0 aliphatic carbocycles. The molecular formula is C15H24N4. The third-order valence-electron chi connectivity index (χ3n) is 4.49. The van der Waals surface area contributed by atoms with Gasteiger partial charge in [0.15, 0.2) is 0 Å². The number of fused-ring (bicyclic) bond motifs is 1. The summed E-state index contributed by atoms with van der Waals surface area (Å²) in [6.45, 7) is 7.04. The molecule has 0 amide bonds. The van der Waals surface area contributed by atoms with Gasteiger partial charge in [-0.05, 0) is 38.4 Å². The fourth-order valence-electron chi connectivity index (χ4n) is 3.38. The van der Waals surface area contributed by atoms with Crippen LogP contribution in [-0.4, -0.2) is 53.5 Å². The van der Waals surface area contributed by atoms with Gasteiger partial charge < -0.3 is 5.32 Å². The standard InChI is InChI=1S/C15H24N4/c1-12-9-18-8-4-6-14(18)11-19(12)10-13-5-3-7-15(16-2)17-13/h3,5,7,12,14H,4,6,8-11H2,1-2H3,(H,16,17). The first-order chi connectivity index (χ1) is 9.26. The number of piperazine rings is 1. The maximum absolute atomic E-state index is 4.64. The van der Waals surface area contributed by atoms with Crippen molar-refractivity contribution in [2.24, 2.45) is 0 Å². The van der Waals surface area contributed by atoms with E-state index in [0.29, 0.717) is 6.04 Å². The Kier molecular flexibility index (Phi) is 3.71. The van der Waals surface area contributed by atoms with Crippen molar-refractivity contribution in [3.63, 3.8) is 0 Å². The third kappa shape index (κ3) is 2.74. The molecule has 2 saturated heterocycles. The van der Waals surface area contributed by atoms with Crippen molar-refractivity contribution in [3.05, 3.63) is 23.9 Å². The van der Waals surface area contributed by atoms with Gasteiger partial charge in [0.2, 0.25) is 0 Å². The van der Waals surface area contributed by atoms with E-state index in [9.17, 15) is 0 Å². The minimum absolute atomic E-state index is 0.634. The summed E-state index contributed by atoms with van der Waals surface area (Å²) >= 11 is 0. The van der Waals surface area contributed by atoms with Crippen LogP contribution in [0, 0.1) is 0 Å². The maximum Gasteiger partial charge on any atom is 0.126 e. The second kappa shape index (κ2) is 5.47. The molecule has 2 unspecified atom stereocenters. The Bertz CT molecular complexity index is 434. The van der Waals surface area contributed by atoms with Crippen LogP contribution in [0.1, 0.15) is 25.5 Å². The van der Waals surface area contributed by atoms with E-state index in [4.69, 9.17) is 0 Å². The number of nitrogens with zero attached hydrogens (tertiary/aromatic N) is 3. The zero-order chi connectivity index (χ0) is 13.2. The van der Waals surface area contributed by atoms with Gasteiger partial charge in [0.05, 0.1) is 5.69 Å². The highest BCUT2D eigenvalue weighted by molar-refractivity contribution is 5.34. The number of nitrogens with one attached hydrogen (secondary N) is 1. The fraction of sp³-hybridized carbons (Fsp3) is 0.667. The summed E-state index contributed by atoms with van der Waals surface area (Å²) in [6.07, 6.45) is 2.74. The van der Waals surface area contributed by atoms with E-state index in [0.717, 1.165) is 18.4 Å². The minimum atomic E-state index is 0.634. The Morgan fingerprint density at radius 3 is 3.11 bits per heavy atom. The number of pyridine rings is 1. The number of aromatic nitrogens is 1. The van der Waals surface area contributed by atoms with Gasteiger partial charge in [-0.2, -0.15) is 0 Å². The van der Waals surface area contributed by atoms with Crippen LogP contribution >= 0.6 is 0 Å². The molecule has 2 fully saturated rings. The van der Waals surface area contributed by atoms with Crippen molar-refractivity contribution in [1.29, 1.82) is 0 Å². The molecule has 0 spiro atoms. The molecule has 0 radical (unpaired) electrons. The van der Waals surface area contributed by atoms with Crippen LogP contribution in [0.5, 0.6) is 0 Å². The molecule has 3 heterocycles. The van der Waals surface area contributed by atoms with Crippen molar-refractivity contribution in [2.45, 2.75) is 38.4 Å². The van der Waals surface area contributed by atoms with Gasteiger partial charge in [-0.15, -0.1) is 0 Å². The van der Waals surface area contributed by atoms with Crippen molar-refractivity contribution >= 4 is 5.82 Å². The fourth-order valence-corrected chi connectivity index (χ4v) is 3.38. The molecule has 19 heavy (non-hydrogen) atoms. The Balaban J connectivity index is 1.68. The first kappa shape index (κ1) is 12.9. The van der Waals surface area contributed by atoms with Crippen LogP contribution in [0.2, 0.25) is 0 Å². The summed E-state index contributed by atoms with van der Waals surface area (Å²) in [5.74, 6) is 0.963. The molecule has 0 bridgehead atoms. The van der Waals surface area contributed by atoms with E-state index in [1.165, 1.54) is 38.2 Å². The van der Waals surface area contributed by atoms with E-state index in [1.54, 1.807) is 0 Å². The number of hydrogen-bond donors (Lipinski definition) is 1. The van der Waals surface area contributed by atoms with Gasteiger partial charge in [0, 0.05) is 38.8 Å². The molecule has 1 aromatic rings. The molecule has 1 aromatic heterocycles. The predicted octanol–water partition coefficient (Wildman–Crippen LogP) is 1.79. The van der Waals surface area contributed by atoms with Crippen LogP contribution in [0.4, 0.5) is 5.82 Å². The molecule has 0 saturated carbocycles. The Morgan fingerprint density at radius 1 is 1.37 bits per heavy atom. The molecule has 2 aliphatic heterocycles. The normalized spacial score (nSPS) is 28.3. The second-order valence-corrected chi connectivity index (χ2v) is 5.83. The van der Waals surface area contributed by atoms with Crippen LogP contribution in [-0.2, 0) is 6.54 Å². The second-order valence-electron chi connectivity index (χ2n) is 5.83. The van der Waals surface area contributed by atoms with Crippen LogP contribution in [0.3, 0.4) is 0 Å². The van der Waals surface area contributed by atoms with Crippen molar-refractivity contribution in [2.75, 3.05) is 32.0 Å². The van der Waals surface area contributed by atoms with Crippen molar-refractivity contribution in [3.8, 4) is 0 Å². The molecule has 0 aromatic carbocycles. The summed E-state index contributed by atoms with van der Waals surface area (Å²) in [6, 6.07) is 7.65. The van der Waals surface area contributed by atoms with E-state index in [-0.39, 0.29) is 0 Å². The molecule has 2 atom stereocenters. The monoisotopic (exact) mass is 260 g/mol. The van der Waals surface area contributed by atoms with Gasteiger partial charge in [0.1, 0.15) is 5.82 Å². The van der Waals surface area contributed by atoms with E-state index in [1.807, 2.05) is 13.1 Å². The third-order valence-corrected chi connectivity index (χ3v) is 4.49. The zero-order valence-corrected chi connectivity index (χ0v) is 12.0. The average Bonchev–Trinajstić information content (AvgIpc) is 2.86. The first-order valence-electron chi connectivity index (χ1n) is 7.38. The lowest BCUT2D eigenvalue weighted by Gasteiger charge is -2.42. The van der Waals surface area contributed by atoms with Gasteiger partial charge in [-0.1, -0.05) is 6.07 Å². The summed E-state index contributed by atoms with van der Waals surface area (Å²) in [5, 5.41) is 3.11. The highest BCUT2D eigenvalue weighted by Crippen LogP contribution is 2.25. The number of rotatable bonds is 3. The Morgan fingerprint density at radius 2 is 2.26 bits per heavy atom. The molecule has 1 N–H and O–H groups in total. The maximum atomic E-state index is 4.64. The van der Waals surface area contributed by atoms with Gasteiger partial charge in [-0.3, -0.25) is 9.80 Å². The first-order valence-corrected chi connectivity index (χ1v) is 7.38. The highest BCUT2D eigenvalue weighted by Gasteiger charge is 2.34. The molecule has 2 aliphatic rings. The molecule has 4 nitrogen and oxygen atoms in total. The topological polar surface area (TPSA) is 31.4 Å². The predicted molar refractivity (Wildman–Crippen MR) is 78.3 cm³/mol. The summed E-state index contributed by atoms with van der Waals surface area (Å²) < 4.78 is 0. The average molecular weight is 260 g/mol. The largest absolute Gasteiger partial charge is 0.373 e. The highest BCUT2D eigenvalue weighted by atomic mass is 15.3. The quantitative estimate of drug-likeness (QED) is 0.898. The van der Waals surface area contributed by atoms with Crippen molar-refractivity contribution in [1.82, 2.24) is 14.8 Å². The lowest BCUT2D eigenvalue weighted by atomic mass is 10.1. The summed E-state index contributed by atoms with van der Waals surface area (Å²) in [7, 11) is 1.92. The molecular weight excluding hydrogens is 236 g/mol. The van der Waals surface area contributed by atoms with E-state index >= 15 is 0 Å². The van der Waals surface area contributed by atoms with Crippen molar-refractivity contribution < 1.29 is 0 Å². The number of anilines is 1. The molecule has 4 heteroatoms. The van der Waals surface area contributed by atoms with Crippen LogP contribution in [0.15, 0.2) is 18.2 Å². The SMILES string of the molecule is CNc1cccc(CN2CC3CCCN3CC2C)n1. The van der Waals surface area contributed by atoms with Gasteiger partial charge in [0.25, 0.3) is 0 Å².